The van der Waals surface area contributed by atoms with Crippen LogP contribution in [0, 0.1) is 6.92 Å². The van der Waals surface area contributed by atoms with E-state index in [1.165, 1.54) is 11.1 Å². The largest absolute Gasteiger partial charge is 0.289 e. The van der Waals surface area contributed by atoms with Gasteiger partial charge in [0.1, 0.15) is 0 Å². The molecule has 0 amide bonds. The molecular weight excluding hydrogens is 488 g/mol. The molecule has 0 radical (unpaired) electrons. The van der Waals surface area contributed by atoms with Gasteiger partial charge in [-0.3, -0.25) is 4.79 Å². The van der Waals surface area contributed by atoms with Crippen molar-refractivity contribution in [2.75, 3.05) is 0 Å². The maximum atomic E-state index is 12.4. The molecule has 0 saturated heterocycles. The highest BCUT2D eigenvalue weighted by molar-refractivity contribution is 7.99. The molecule has 4 aromatic carbocycles. The van der Waals surface area contributed by atoms with Gasteiger partial charge in [0.05, 0.1) is 5.02 Å². The Morgan fingerprint density at radius 1 is 0.800 bits per heavy atom. The summed E-state index contributed by atoms with van der Waals surface area (Å²) in [6.07, 6.45) is 2.08. The molecular formula is C31H31ClOS2. The Hall–Kier alpha value is -2.72. The maximum absolute atomic E-state index is 12.4. The van der Waals surface area contributed by atoms with Gasteiger partial charge in [-0.1, -0.05) is 101 Å². The minimum atomic E-state index is -0.0145. The van der Waals surface area contributed by atoms with Crippen molar-refractivity contribution in [1.82, 2.24) is 0 Å². The lowest BCUT2D eigenvalue weighted by molar-refractivity contribution is 0.103. The second-order valence-electron chi connectivity index (χ2n) is 7.96. The maximum Gasteiger partial charge on any atom is 0.193 e. The van der Waals surface area contributed by atoms with Crippen LogP contribution in [-0.4, -0.2) is 5.78 Å². The summed E-state index contributed by atoms with van der Waals surface area (Å²) in [5.41, 5.74) is 3.88. The molecule has 0 N–H and O–H groups in total. The van der Waals surface area contributed by atoms with Crippen molar-refractivity contribution in [2.24, 2.45) is 0 Å². The second-order valence-corrected chi connectivity index (χ2v) is 10.00. The van der Waals surface area contributed by atoms with E-state index in [1.54, 1.807) is 17.8 Å². The van der Waals surface area contributed by atoms with Crippen LogP contribution in [0.1, 0.15) is 42.3 Å². The zero-order valence-electron chi connectivity index (χ0n) is 20.5. The van der Waals surface area contributed by atoms with E-state index >= 15 is 0 Å². The average Bonchev–Trinajstić information content (AvgIpc) is 2.88. The number of carbonyl (C=O) groups excluding carboxylic acids is 1. The fourth-order valence-corrected chi connectivity index (χ4v) is 3.93. The normalized spacial score (nSPS) is 9.66. The summed E-state index contributed by atoms with van der Waals surface area (Å²) in [5, 5.41) is 0.595. The predicted octanol–water partition coefficient (Wildman–Crippen LogP) is 9.98. The number of aryl methyl sites for hydroxylation is 1. The number of hydrogen-bond donors (Lipinski definition) is 1. The minimum Gasteiger partial charge on any atom is -0.289 e. The summed E-state index contributed by atoms with van der Waals surface area (Å²) in [4.78, 5) is 15.5. The van der Waals surface area contributed by atoms with Crippen LogP contribution in [-0.2, 0) is 0 Å². The standard InChI is InChI=1S/C20H15ClOS.C6H6S.C5H10/c1-14-7-10-17(11-8-14)23-19-12-9-16(13-18(19)21)20(22)15-5-3-2-4-6-15;7-6-4-2-1-3-5-6;1-4-5(2)3/h2-13H,1H3;1-5,7H;4H,1-3H3. The second kappa shape index (κ2) is 15.3. The predicted molar refractivity (Wildman–Crippen MR) is 155 cm³/mol. The number of allylic oxidation sites excluding steroid dienone is 2. The first-order valence-corrected chi connectivity index (χ1v) is 12.9. The summed E-state index contributed by atoms with van der Waals surface area (Å²) >= 11 is 12.0. The fourth-order valence-electron chi connectivity index (χ4n) is 2.64. The molecule has 0 heterocycles. The van der Waals surface area contributed by atoms with Gasteiger partial charge in [0, 0.05) is 25.8 Å². The van der Waals surface area contributed by atoms with Gasteiger partial charge in [-0.15, -0.1) is 12.6 Å². The number of carbonyl (C=O) groups is 1. The lowest BCUT2D eigenvalue weighted by atomic mass is 10.0. The molecule has 0 aromatic heterocycles. The molecule has 0 unspecified atom stereocenters. The Bertz CT molecular complexity index is 1210. The van der Waals surface area contributed by atoms with Gasteiger partial charge in [-0.05, 0) is 70.2 Å². The molecule has 0 fully saturated rings. The van der Waals surface area contributed by atoms with Gasteiger partial charge < -0.3 is 0 Å². The molecule has 0 bridgehead atoms. The third-order valence-corrected chi connectivity index (χ3v) is 6.62. The van der Waals surface area contributed by atoms with E-state index in [4.69, 9.17) is 11.6 Å². The van der Waals surface area contributed by atoms with Crippen molar-refractivity contribution < 1.29 is 4.79 Å². The van der Waals surface area contributed by atoms with E-state index in [0.717, 1.165) is 14.7 Å². The molecule has 0 aliphatic heterocycles. The van der Waals surface area contributed by atoms with Crippen molar-refractivity contribution >= 4 is 41.8 Å². The topological polar surface area (TPSA) is 17.1 Å². The lowest BCUT2D eigenvalue weighted by Crippen LogP contribution is -2.00. The molecule has 0 spiro atoms. The van der Waals surface area contributed by atoms with Crippen LogP contribution >= 0.6 is 36.0 Å². The quantitative estimate of drug-likeness (QED) is 0.164. The highest BCUT2D eigenvalue weighted by Gasteiger charge is 2.11. The van der Waals surface area contributed by atoms with E-state index in [2.05, 4.69) is 63.7 Å². The van der Waals surface area contributed by atoms with Crippen molar-refractivity contribution in [3.8, 4) is 0 Å². The Balaban J connectivity index is 0.000000296. The van der Waals surface area contributed by atoms with Crippen LogP contribution in [0.2, 0.25) is 5.02 Å². The average molecular weight is 519 g/mol. The zero-order valence-corrected chi connectivity index (χ0v) is 23.0. The molecule has 180 valence electrons. The van der Waals surface area contributed by atoms with Crippen molar-refractivity contribution in [3.63, 3.8) is 0 Å². The van der Waals surface area contributed by atoms with Crippen LogP contribution in [0.4, 0.5) is 0 Å². The minimum absolute atomic E-state index is 0.0145. The summed E-state index contributed by atoms with van der Waals surface area (Å²) in [6, 6.07) is 32.8. The summed E-state index contributed by atoms with van der Waals surface area (Å²) in [7, 11) is 0. The van der Waals surface area contributed by atoms with Gasteiger partial charge in [0.15, 0.2) is 5.78 Å². The van der Waals surface area contributed by atoms with E-state index in [0.29, 0.717) is 16.1 Å². The summed E-state index contributed by atoms with van der Waals surface area (Å²) in [6.45, 7) is 8.26. The molecule has 0 atom stereocenters. The van der Waals surface area contributed by atoms with E-state index in [9.17, 15) is 4.79 Å². The van der Waals surface area contributed by atoms with Crippen LogP contribution < -0.4 is 0 Å². The Morgan fingerprint density at radius 2 is 1.34 bits per heavy atom. The highest BCUT2D eigenvalue weighted by Crippen LogP contribution is 2.34. The van der Waals surface area contributed by atoms with Gasteiger partial charge in [-0.25, -0.2) is 0 Å². The molecule has 4 rings (SSSR count). The number of rotatable bonds is 4. The van der Waals surface area contributed by atoms with Crippen molar-refractivity contribution in [1.29, 1.82) is 0 Å². The molecule has 35 heavy (non-hydrogen) atoms. The van der Waals surface area contributed by atoms with E-state index in [-0.39, 0.29) is 5.78 Å². The summed E-state index contributed by atoms with van der Waals surface area (Å²) in [5.74, 6) is -0.0145. The van der Waals surface area contributed by atoms with E-state index in [1.807, 2.05) is 79.7 Å². The monoisotopic (exact) mass is 518 g/mol. The van der Waals surface area contributed by atoms with Crippen LogP contribution in [0.3, 0.4) is 0 Å². The molecule has 4 heteroatoms. The van der Waals surface area contributed by atoms with Crippen LogP contribution in [0.25, 0.3) is 0 Å². The molecule has 1 nitrogen and oxygen atoms in total. The number of benzene rings is 4. The Labute approximate surface area is 224 Å². The summed E-state index contributed by atoms with van der Waals surface area (Å²) < 4.78 is 0. The fraction of sp³-hybridized carbons (Fsp3) is 0.129. The third-order valence-electron chi connectivity index (χ3n) is 4.81. The van der Waals surface area contributed by atoms with E-state index < -0.39 is 0 Å². The Morgan fingerprint density at radius 3 is 1.80 bits per heavy atom. The smallest absolute Gasteiger partial charge is 0.193 e. The van der Waals surface area contributed by atoms with Gasteiger partial charge in [0.2, 0.25) is 0 Å². The first-order chi connectivity index (χ1) is 16.8. The van der Waals surface area contributed by atoms with Crippen molar-refractivity contribution in [2.45, 2.75) is 42.4 Å². The first-order valence-electron chi connectivity index (χ1n) is 11.3. The number of ketones is 1. The third kappa shape index (κ3) is 10.6. The van der Waals surface area contributed by atoms with Crippen LogP contribution in [0.15, 0.2) is 129 Å². The number of halogens is 1. The van der Waals surface area contributed by atoms with Gasteiger partial charge in [0.25, 0.3) is 0 Å². The SMILES string of the molecule is CC=C(C)C.Cc1ccc(Sc2ccc(C(=O)c3ccccc3)cc2Cl)cc1.Sc1ccccc1. The van der Waals surface area contributed by atoms with Gasteiger partial charge >= 0.3 is 0 Å². The zero-order chi connectivity index (χ0) is 25.6. The molecule has 0 saturated carbocycles. The van der Waals surface area contributed by atoms with Crippen molar-refractivity contribution in [3.05, 3.63) is 136 Å². The lowest BCUT2D eigenvalue weighted by Gasteiger charge is -2.07. The molecule has 4 aromatic rings. The first kappa shape index (κ1) is 28.5. The Kier molecular flexibility index (Phi) is 12.5. The van der Waals surface area contributed by atoms with Gasteiger partial charge in [-0.2, -0.15) is 0 Å². The molecule has 0 aliphatic carbocycles. The highest BCUT2D eigenvalue weighted by atomic mass is 35.5. The molecule has 0 aliphatic rings. The van der Waals surface area contributed by atoms with Crippen LogP contribution in [0.5, 0.6) is 0 Å². The number of thiol groups is 1. The number of hydrogen-bond acceptors (Lipinski definition) is 3.